The number of hydrogen-bond donors (Lipinski definition) is 1. The van der Waals surface area contributed by atoms with Crippen LogP contribution in [0.3, 0.4) is 0 Å². The molecule has 1 aromatic carbocycles. The maximum absolute atomic E-state index is 6.13. The van der Waals surface area contributed by atoms with E-state index >= 15 is 0 Å². The van der Waals surface area contributed by atoms with Crippen molar-refractivity contribution in [2.75, 3.05) is 5.73 Å². The van der Waals surface area contributed by atoms with Gasteiger partial charge in [0.25, 0.3) is 0 Å². The molecule has 100 valence electrons. The molecule has 0 amide bonds. The minimum absolute atomic E-state index is 0.649. The molecule has 0 spiro atoms. The summed E-state index contributed by atoms with van der Waals surface area (Å²) < 4.78 is 1.83. The van der Waals surface area contributed by atoms with E-state index in [2.05, 4.69) is 15.1 Å². The van der Waals surface area contributed by atoms with Gasteiger partial charge in [-0.15, -0.1) is 0 Å². The van der Waals surface area contributed by atoms with Crippen molar-refractivity contribution in [2.45, 2.75) is 17.1 Å². The van der Waals surface area contributed by atoms with E-state index in [4.69, 9.17) is 5.73 Å². The Balaban J connectivity index is 2.06. The summed E-state index contributed by atoms with van der Waals surface area (Å²) in [6.45, 7) is 1.89. The van der Waals surface area contributed by atoms with Crippen molar-refractivity contribution in [3.8, 4) is 5.69 Å². The first kappa shape index (κ1) is 12.7. The van der Waals surface area contributed by atoms with Crippen LogP contribution < -0.4 is 5.73 Å². The molecule has 2 heterocycles. The number of rotatable bonds is 3. The van der Waals surface area contributed by atoms with E-state index in [0.717, 1.165) is 16.4 Å². The molecule has 3 rings (SSSR count). The largest absolute Gasteiger partial charge is 0.395 e. The van der Waals surface area contributed by atoms with Gasteiger partial charge in [-0.3, -0.25) is 0 Å². The number of nitrogens with zero attached hydrogens (tertiary/aromatic N) is 4. The minimum Gasteiger partial charge on any atom is -0.395 e. The summed E-state index contributed by atoms with van der Waals surface area (Å²) in [4.78, 5) is 8.43. The lowest BCUT2D eigenvalue weighted by Crippen LogP contribution is -1.99. The van der Waals surface area contributed by atoms with Gasteiger partial charge in [0, 0.05) is 12.4 Å². The zero-order valence-electron chi connectivity index (χ0n) is 10.9. The van der Waals surface area contributed by atoms with Gasteiger partial charge < -0.3 is 5.73 Å². The van der Waals surface area contributed by atoms with E-state index in [1.165, 1.54) is 11.8 Å². The van der Waals surface area contributed by atoms with Crippen LogP contribution >= 0.6 is 11.8 Å². The number of aryl methyl sites for hydroxylation is 1. The summed E-state index contributed by atoms with van der Waals surface area (Å²) >= 11 is 1.41. The van der Waals surface area contributed by atoms with Crippen LogP contribution in [-0.4, -0.2) is 19.7 Å². The van der Waals surface area contributed by atoms with Crippen molar-refractivity contribution in [3.63, 3.8) is 0 Å². The zero-order valence-corrected chi connectivity index (χ0v) is 11.7. The summed E-state index contributed by atoms with van der Waals surface area (Å²) in [6.07, 6.45) is 3.42. The second-order valence-electron chi connectivity index (χ2n) is 4.19. The minimum atomic E-state index is 0.649. The maximum Gasteiger partial charge on any atom is 0.193 e. The van der Waals surface area contributed by atoms with Crippen LogP contribution in [0.4, 0.5) is 5.69 Å². The Hall–Kier alpha value is -2.34. The lowest BCUT2D eigenvalue weighted by molar-refractivity contribution is 0.791. The fourth-order valence-corrected chi connectivity index (χ4v) is 2.68. The summed E-state index contributed by atoms with van der Waals surface area (Å²) in [6, 6.07) is 11.7. The molecular formula is C14H13N5S. The number of hydrogen-bond acceptors (Lipinski definition) is 5. The summed E-state index contributed by atoms with van der Waals surface area (Å²) in [5.74, 6) is 0. The van der Waals surface area contributed by atoms with Crippen LogP contribution in [0.25, 0.3) is 5.69 Å². The van der Waals surface area contributed by atoms with Crippen molar-refractivity contribution >= 4 is 17.4 Å². The fraction of sp³-hybridized carbons (Fsp3) is 0.0714. The maximum atomic E-state index is 6.13. The first-order valence-electron chi connectivity index (χ1n) is 6.11. The molecule has 0 bridgehead atoms. The van der Waals surface area contributed by atoms with Crippen molar-refractivity contribution < 1.29 is 0 Å². The molecule has 0 radical (unpaired) electrons. The predicted octanol–water partition coefficient (Wildman–Crippen LogP) is 2.70. The molecule has 0 unspecified atom stereocenters. The van der Waals surface area contributed by atoms with Crippen molar-refractivity contribution in [1.82, 2.24) is 19.7 Å². The van der Waals surface area contributed by atoms with Crippen LogP contribution in [0, 0.1) is 6.92 Å². The highest BCUT2D eigenvalue weighted by Gasteiger charge is 2.16. The van der Waals surface area contributed by atoms with E-state index in [9.17, 15) is 0 Å². The third-order valence-corrected chi connectivity index (χ3v) is 3.77. The Morgan fingerprint density at radius 1 is 1.05 bits per heavy atom. The molecule has 2 aromatic heterocycles. The molecule has 0 fully saturated rings. The quantitative estimate of drug-likeness (QED) is 0.748. The van der Waals surface area contributed by atoms with Gasteiger partial charge in [-0.2, -0.15) is 5.10 Å². The lowest BCUT2D eigenvalue weighted by Gasteiger charge is -2.06. The highest BCUT2D eigenvalue weighted by molar-refractivity contribution is 7.99. The van der Waals surface area contributed by atoms with Crippen molar-refractivity contribution in [3.05, 3.63) is 54.5 Å². The molecule has 20 heavy (non-hydrogen) atoms. The SMILES string of the molecule is Cc1nn(-c2ccccc2)c(Sc2ncccn2)c1N. The van der Waals surface area contributed by atoms with Gasteiger partial charge in [-0.1, -0.05) is 18.2 Å². The molecule has 3 aromatic rings. The number of nitrogens with two attached hydrogens (primary N) is 1. The number of para-hydroxylation sites is 1. The zero-order chi connectivity index (χ0) is 13.9. The monoisotopic (exact) mass is 283 g/mol. The molecule has 0 aliphatic rings. The van der Waals surface area contributed by atoms with E-state index in [1.807, 2.05) is 41.9 Å². The second-order valence-corrected chi connectivity index (χ2v) is 5.14. The van der Waals surface area contributed by atoms with Gasteiger partial charge >= 0.3 is 0 Å². The van der Waals surface area contributed by atoms with Crippen LogP contribution in [0.15, 0.2) is 59.0 Å². The third-order valence-electron chi connectivity index (χ3n) is 2.79. The second kappa shape index (κ2) is 5.34. The Morgan fingerprint density at radius 2 is 1.75 bits per heavy atom. The third kappa shape index (κ3) is 2.37. The smallest absolute Gasteiger partial charge is 0.193 e. The highest BCUT2D eigenvalue weighted by atomic mass is 32.2. The van der Waals surface area contributed by atoms with Crippen LogP contribution in [0.1, 0.15) is 5.69 Å². The first-order chi connectivity index (χ1) is 9.75. The molecule has 0 saturated carbocycles. The average Bonchev–Trinajstić information content (AvgIpc) is 2.78. The Labute approximate surface area is 120 Å². The van der Waals surface area contributed by atoms with Crippen LogP contribution in [-0.2, 0) is 0 Å². The van der Waals surface area contributed by atoms with E-state index < -0.39 is 0 Å². The highest BCUT2D eigenvalue weighted by Crippen LogP contribution is 2.33. The fourth-order valence-electron chi connectivity index (χ4n) is 1.79. The average molecular weight is 283 g/mol. The van der Waals surface area contributed by atoms with Gasteiger partial charge in [0.05, 0.1) is 17.1 Å². The molecule has 0 saturated heterocycles. The topological polar surface area (TPSA) is 69.6 Å². The number of anilines is 1. The summed E-state index contributed by atoms with van der Waals surface area (Å²) in [5, 5.41) is 5.97. The Morgan fingerprint density at radius 3 is 2.45 bits per heavy atom. The first-order valence-corrected chi connectivity index (χ1v) is 6.93. The number of nitrogen functional groups attached to an aromatic ring is 1. The molecule has 5 nitrogen and oxygen atoms in total. The van der Waals surface area contributed by atoms with Gasteiger partial charge in [0.15, 0.2) is 5.16 Å². The molecule has 6 heteroatoms. The van der Waals surface area contributed by atoms with Gasteiger partial charge in [-0.05, 0) is 36.9 Å². The van der Waals surface area contributed by atoms with Crippen LogP contribution in [0.2, 0.25) is 0 Å². The van der Waals surface area contributed by atoms with E-state index in [1.54, 1.807) is 18.5 Å². The number of benzene rings is 1. The Bertz CT molecular complexity index is 709. The standard InChI is InChI=1S/C14H13N5S/c1-10-12(15)13(20-14-16-8-5-9-17-14)19(18-10)11-6-3-2-4-7-11/h2-9H,15H2,1H3. The van der Waals surface area contributed by atoms with Gasteiger partial charge in [0.2, 0.25) is 0 Å². The molecule has 2 N–H and O–H groups in total. The molecule has 0 atom stereocenters. The Kier molecular flexibility index (Phi) is 3.39. The molecular weight excluding hydrogens is 270 g/mol. The number of aromatic nitrogens is 4. The van der Waals surface area contributed by atoms with E-state index in [-0.39, 0.29) is 0 Å². The van der Waals surface area contributed by atoms with E-state index in [0.29, 0.717) is 10.8 Å². The predicted molar refractivity (Wildman–Crippen MR) is 78.9 cm³/mol. The van der Waals surface area contributed by atoms with Gasteiger partial charge in [0.1, 0.15) is 5.03 Å². The molecule has 0 aliphatic carbocycles. The van der Waals surface area contributed by atoms with Gasteiger partial charge in [-0.25, -0.2) is 14.6 Å². The summed E-state index contributed by atoms with van der Waals surface area (Å²) in [5.41, 5.74) is 8.55. The van der Waals surface area contributed by atoms with Crippen molar-refractivity contribution in [1.29, 1.82) is 0 Å². The van der Waals surface area contributed by atoms with Crippen molar-refractivity contribution in [2.24, 2.45) is 0 Å². The lowest BCUT2D eigenvalue weighted by atomic mass is 10.3. The normalized spacial score (nSPS) is 10.7. The summed E-state index contributed by atoms with van der Waals surface area (Å²) in [7, 11) is 0. The molecule has 0 aliphatic heterocycles. The van der Waals surface area contributed by atoms with Crippen LogP contribution in [0.5, 0.6) is 0 Å².